The number of hydrogen-bond acceptors (Lipinski definition) is 9. The van der Waals surface area contributed by atoms with E-state index in [0.29, 0.717) is 11.1 Å². The van der Waals surface area contributed by atoms with Crippen LogP contribution in [0.15, 0.2) is 66.7 Å². The standard InChI is InChI=1S/C27H24N2O10/c1-15-6-4-8-17(12-15)26(33)38-22(23(25(31)32)39-27(34)18-9-5-7-16(2)13-18)24(30)28-20-14-19(29(35)36)10-11-21(20)37-3/h4-14,22-23H,1-3H3,(H,28,30)(H,31,32)/t22-,23+/m0/s1. The number of carboxylic acid groups (broad SMARTS) is 1. The van der Waals surface area contributed by atoms with E-state index in [1.54, 1.807) is 38.1 Å². The Morgan fingerprint density at radius 1 is 0.846 bits per heavy atom. The smallest absolute Gasteiger partial charge is 0.349 e. The minimum absolute atomic E-state index is 0.00124. The minimum atomic E-state index is -2.28. The van der Waals surface area contributed by atoms with E-state index in [1.807, 2.05) is 0 Å². The molecule has 0 bridgehead atoms. The number of aliphatic carboxylic acids is 1. The number of non-ortho nitro benzene ring substituents is 1. The van der Waals surface area contributed by atoms with Crippen molar-refractivity contribution in [2.75, 3.05) is 12.4 Å². The molecule has 0 aliphatic heterocycles. The van der Waals surface area contributed by atoms with Crippen molar-refractivity contribution in [3.63, 3.8) is 0 Å². The number of esters is 2. The Bertz CT molecular complexity index is 1440. The van der Waals surface area contributed by atoms with Crippen LogP contribution < -0.4 is 10.1 Å². The van der Waals surface area contributed by atoms with Gasteiger partial charge in [0, 0.05) is 12.1 Å². The highest BCUT2D eigenvalue weighted by molar-refractivity contribution is 6.02. The van der Waals surface area contributed by atoms with Gasteiger partial charge >= 0.3 is 17.9 Å². The average Bonchev–Trinajstić information content (AvgIpc) is 2.90. The molecule has 3 rings (SSSR count). The number of nitro groups is 1. The summed E-state index contributed by atoms with van der Waals surface area (Å²) in [7, 11) is 1.25. The van der Waals surface area contributed by atoms with E-state index in [-0.39, 0.29) is 22.6 Å². The van der Waals surface area contributed by atoms with Gasteiger partial charge in [-0.2, -0.15) is 0 Å². The van der Waals surface area contributed by atoms with Gasteiger partial charge in [-0.3, -0.25) is 14.9 Å². The van der Waals surface area contributed by atoms with Crippen LogP contribution in [0, 0.1) is 24.0 Å². The lowest BCUT2D eigenvalue weighted by Crippen LogP contribution is -2.48. The van der Waals surface area contributed by atoms with Crippen LogP contribution in [0.1, 0.15) is 31.8 Å². The maximum atomic E-state index is 13.3. The van der Waals surface area contributed by atoms with Crippen molar-refractivity contribution in [3.05, 3.63) is 99.1 Å². The monoisotopic (exact) mass is 536 g/mol. The highest BCUT2D eigenvalue weighted by atomic mass is 16.6. The van der Waals surface area contributed by atoms with Gasteiger partial charge in [0.05, 0.1) is 28.8 Å². The Hall–Kier alpha value is -5.26. The number of amides is 1. The number of aryl methyl sites for hydroxylation is 2. The molecule has 39 heavy (non-hydrogen) atoms. The lowest BCUT2D eigenvalue weighted by molar-refractivity contribution is -0.384. The zero-order valence-corrected chi connectivity index (χ0v) is 21.1. The molecule has 0 heterocycles. The molecule has 0 fully saturated rings. The Morgan fingerprint density at radius 3 is 1.85 bits per heavy atom. The van der Waals surface area contributed by atoms with Crippen LogP contribution in [0.2, 0.25) is 0 Å². The third kappa shape index (κ3) is 7.16. The molecule has 3 aromatic rings. The van der Waals surface area contributed by atoms with Crippen molar-refractivity contribution in [1.82, 2.24) is 0 Å². The number of ether oxygens (including phenoxy) is 3. The van der Waals surface area contributed by atoms with Crippen LogP contribution in [0.25, 0.3) is 0 Å². The lowest BCUT2D eigenvalue weighted by atomic mass is 10.1. The quantitative estimate of drug-likeness (QED) is 0.221. The number of rotatable bonds is 10. The molecule has 0 unspecified atom stereocenters. The number of hydrogen-bond donors (Lipinski definition) is 2. The van der Waals surface area contributed by atoms with Crippen LogP contribution in [0.3, 0.4) is 0 Å². The topological polar surface area (TPSA) is 171 Å². The van der Waals surface area contributed by atoms with E-state index in [2.05, 4.69) is 5.32 Å². The van der Waals surface area contributed by atoms with E-state index in [4.69, 9.17) is 14.2 Å². The van der Waals surface area contributed by atoms with E-state index < -0.39 is 46.6 Å². The summed E-state index contributed by atoms with van der Waals surface area (Å²) in [5.74, 6) is -5.16. The fourth-order valence-corrected chi connectivity index (χ4v) is 3.52. The van der Waals surface area contributed by atoms with E-state index in [1.165, 1.54) is 37.4 Å². The van der Waals surface area contributed by atoms with Gasteiger partial charge < -0.3 is 24.6 Å². The maximum Gasteiger partial charge on any atom is 0.349 e. The maximum absolute atomic E-state index is 13.3. The predicted octanol–water partition coefficient (Wildman–Crippen LogP) is 3.69. The van der Waals surface area contributed by atoms with Crippen molar-refractivity contribution in [3.8, 4) is 5.75 Å². The average molecular weight is 536 g/mol. The molecule has 0 saturated heterocycles. The van der Waals surface area contributed by atoms with Gasteiger partial charge in [-0.25, -0.2) is 14.4 Å². The fourth-order valence-electron chi connectivity index (χ4n) is 3.52. The van der Waals surface area contributed by atoms with Gasteiger partial charge in [0.25, 0.3) is 11.6 Å². The SMILES string of the molecule is COc1ccc([N+](=O)[O-])cc1NC(=O)[C@@H](OC(=O)c1cccc(C)c1)[C@@H](OC(=O)c1cccc(C)c1)C(=O)O. The summed E-state index contributed by atoms with van der Waals surface area (Å²) < 4.78 is 15.5. The van der Waals surface area contributed by atoms with Gasteiger partial charge in [0.2, 0.25) is 12.2 Å². The second-order valence-corrected chi connectivity index (χ2v) is 8.36. The number of carboxylic acids is 1. The molecule has 3 aromatic carbocycles. The Morgan fingerprint density at radius 2 is 1.38 bits per heavy atom. The van der Waals surface area contributed by atoms with Gasteiger partial charge in [0.1, 0.15) is 5.75 Å². The molecule has 0 spiro atoms. The number of nitrogens with zero attached hydrogens (tertiary/aromatic N) is 1. The molecule has 0 saturated carbocycles. The number of nitrogens with one attached hydrogen (secondary N) is 1. The first-order chi connectivity index (χ1) is 18.5. The van der Waals surface area contributed by atoms with Crippen molar-refractivity contribution < 1.29 is 43.4 Å². The van der Waals surface area contributed by atoms with Gasteiger partial charge in [-0.15, -0.1) is 0 Å². The lowest BCUT2D eigenvalue weighted by Gasteiger charge is -2.24. The Labute approximate surface area is 222 Å². The van der Waals surface area contributed by atoms with Crippen molar-refractivity contribution >= 4 is 35.2 Å². The van der Waals surface area contributed by atoms with Gasteiger partial charge in [0.15, 0.2) is 0 Å². The summed E-state index contributed by atoms with van der Waals surface area (Å²) in [6.07, 6.45) is -4.48. The van der Waals surface area contributed by atoms with Crippen LogP contribution >= 0.6 is 0 Å². The summed E-state index contributed by atoms with van der Waals surface area (Å²) in [4.78, 5) is 61.7. The molecule has 2 atom stereocenters. The first-order valence-corrected chi connectivity index (χ1v) is 11.4. The molecule has 0 radical (unpaired) electrons. The van der Waals surface area contributed by atoms with Crippen molar-refractivity contribution in [2.45, 2.75) is 26.1 Å². The summed E-state index contributed by atoms with van der Waals surface area (Å²) in [5, 5.41) is 23.4. The predicted molar refractivity (Wildman–Crippen MR) is 137 cm³/mol. The first kappa shape index (κ1) is 28.3. The second kappa shape index (κ2) is 12.3. The van der Waals surface area contributed by atoms with Crippen LogP contribution in [0.5, 0.6) is 5.75 Å². The molecular weight excluding hydrogens is 512 g/mol. The molecule has 0 aliphatic carbocycles. The van der Waals surface area contributed by atoms with Crippen molar-refractivity contribution in [1.29, 1.82) is 0 Å². The number of methoxy groups -OCH3 is 1. The highest BCUT2D eigenvalue weighted by Gasteiger charge is 2.41. The summed E-state index contributed by atoms with van der Waals surface area (Å²) in [6, 6.07) is 15.5. The zero-order valence-electron chi connectivity index (χ0n) is 21.1. The van der Waals surface area contributed by atoms with E-state index in [9.17, 15) is 34.4 Å². The highest BCUT2D eigenvalue weighted by Crippen LogP contribution is 2.29. The van der Waals surface area contributed by atoms with Crippen LogP contribution in [-0.2, 0) is 19.1 Å². The molecule has 1 amide bonds. The Kier molecular flexibility index (Phi) is 8.94. The third-order valence-electron chi connectivity index (χ3n) is 5.40. The van der Waals surface area contributed by atoms with Crippen molar-refractivity contribution in [2.24, 2.45) is 0 Å². The normalized spacial score (nSPS) is 12.0. The fraction of sp³-hybridized carbons (Fsp3) is 0.185. The first-order valence-electron chi connectivity index (χ1n) is 11.4. The number of benzene rings is 3. The van der Waals surface area contributed by atoms with Gasteiger partial charge in [-0.05, 0) is 44.2 Å². The molecule has 202 valence electrons. The van der Waals surface area contributed by atoms with E-state index >= 15 is 0 Å². The van der Waals surface area contributed by atoms with Crippen LogP contribution in [0.4, 0.5) is 11.4 Å². The van der Waals surface area contributed by atoms with Crippen LogP contribution in [-0.4, -0.2) is 53.2 Å². The summed E-state index contributed by atoms with van der Waals surface area (Å²) in [5.41, 5.74) is 0.782. The molecule has 12 nitrogen and oxygen atoms in total. The Balaban J connectivity index is 2.00. The molecule has 0 aliphatic rings. The summed E-state index contributed by atoms with van der Waals surface area (Å²) >= 11 is 0. The largest absolute Gasteiger partial charge is 0.495 e. The molecule has 12 heteroatoms. The number of anilines is 1. The molecule has 0 aromatic heterocycles. The molecule has 2 N–H and O–H groups in total. The number of carbonyl (C=O) groups is 4. The van der Waals surface area contributed by atoms with E-state index in [0.717, 1.165) is 12.1 Å². The molecular formula is C27H24N2O10. The second-order valence-electron chi connectivity index (χ2n) is 8.36. The number of carbonyl (C=O) groups excluding carboxylic acids is 3. The number of nitro benzene ring substituents is 1. The minimum Gasteiger partial charge on any atom is -0.495 e. The van der Waals surface area contributed by atoms with Gasteiger partial charge in [-0.1, -0.05) is 35.4 Å². The zero-order chi connectivity index (χ0) is 28.7. The third-order valence-corrected chi connectivity index (χ3v) is 5.40. The summed E-state index contributed by atoms with van der Waals surface area (Å²) in [6.45, 7) is 3.41.